The molecule has 16 heavy (non-hydrogen) atoms. The number of carbonyl (C=O) groups excluding carboxylic acids is 1. The highest BCUT2D eigenvalue weighted by Crippen LogP contribution is 2.19. The van der Waals surface area contributed by atoms with Crippen LogP contribution in [0.5, 0.6) is 0 Å². The Morgan fingerprint density at radius 1 is 1.38 bits per heavy atom. The van der Waals surface area contributed by atoms with Crippen LogP contribution in [0.4, 0.5) is 13.2 Å². The van der Waals surface area contributed by atoms with Crippen LogP contribution in [0.3, 0.4) is 0 Å². The Bertz CT molecular complexity index is 241. The van der Waals surface area contributed by atoms with Crippen molar-refractivity contribution in [3.05, 3.63) is 0 Å². The van der Waals surface area contributed by atoms with Gasteiger partial charge in [-0.1, -0.05) is 0 Å². The van der Waals surface area contributed by atoms with E-state index in [1.54, 1.807) is 0 Å². The van der Waals surface area contributed by atoms with Crippen LogP contribution < -0.4 is 0 Å². The maximum atomic E-state index is 12.2. The van der Waals surface area contributed by atoms with Gasteiger partial charge in [-0.3, -0.25) is 4.79 Å². The van der Waals surface area contributed by atoms with E-state index in [4.69, 9.17) is 9.84 Å². The van der Waals surface area contributed by atoms with Crippen molar-refractivity contribution in [2.24, 2.45) is 0 Å². The van der Waals surface area contributed by atoms with Gasteiger partial charge in [0.25, 0.3) is 5.91 Å². The molecule has 1 amide bonds. The standard InChI is InChI=1S/C9H16F3NO3/c1-8(2,16-3)7(15)13(4-5-14)6-9(10,11)12/h14H,4-6H2,1-3H3. The third kappa shape index (κ3) is 4.80. The molecule has 0 aromatic rings. The second-order valence-corrected chi connectivity index (χ2v) is 3.78. The first-order chi connectivity index (χ1) is 7.14. The molecule has 0 atom stereocenters. The number of aliphatic hydroxyl groups excluding tert-OH is 1. The van der Waals surface area contributed by atoms with Crippen molar-refractivity contribution in [1.29, 1.82) is 0 Å². The fourth-order valence-electron chi connectivity index (χ4n) is 1.06. The van der Waals surface area contributed by atoms with Crippen molar-refractivity contribution in [1.82, 2.24) is 4.90 Å². The highest BCUT2D eigenvalue weighted by Gasteiger charge is 2.38. The largest absolute Gasteiger partial charge is 0.406 e. The Kier molecular flexibility index (Phi) is 5.21. The molecule has 4 nitrogen and oxygen atoms in total. The van der Waals surface area contributed by atoms with Crippen LogP contribution in [-0.2, 0) is 9.53 Å². The normalized spacial score (nSPS) is 12.7. The van der Waals surface area contributed by atoms with Gasteiger partial charge in [-0.15, -0.1) is 0 Å². The molecule has 0 aliphatic heterocycles. The van der Waals surface area contributed by atoms with E-state index < -0.39 is 30.8 Å². The van der Waals surface area contributed by atoms with Gasteiger partial charge in [-0.2, -0.15) is 13.2 Å². The first kappa shape index (κ1) is 15.2. The number of hydrogen-bond donors (Lipinski definition) is 1. The lowest BCUT2D eigenvalue weighted by molar-refractivity contribution is -0.173. The molecule has 1 N–H and O–H groups in total. The van der Waals surface area contributed by atoms with Crippen LogP contribution in [0.15, 0.2) is 0 Å². The van der Waals surface area contributed by atoms with E-state index in [1.165, 1.54) is 21.0 Å². The first-order valence-corrected chi connectivity index (χ1v) is 4.66. The SMILES string of the molecule is COC(C)(C)C(=O)N(CCO)CC(F)(F)F. The molecule has 0 heterocycles. The first-order valence-electron chi connectivity index (χ1n) is 4.66. The number of alkyl halides is 3. The molecule has 0 unspecified atom stereocenters. The van der Waals surface area contributed by atoms with Gasteiger partial charge in [0.15, 0.2) is 0 Å². The number of rotatable bonds is 5. The summed E-state index contributed by atoms with van der Waals surface area (Å²) in [6.45, 7) is 0.456. The minimum absolute atomic E-state index is 0.370. The van der Waals surface area contributed by atoms with Crippen molar-refractivity contribution in [2.75, 3.05) is 26.8 Å². The van der Waals surface area contributed by atoms with Gasteiger partial charge in [0.05, 0.1) is 6.61 Å². The molecule has 0 radical (unpaired) electrons. The Morgan fingerprint density at radius 2 is 1.88 bits per heavy atom. The van der Waals surface area contributed by atoms with Crippen molar-refractivity contribution in [3.63, 3.8) is 0 Å². The van der Waals surface area contributed by atoms with Gasteiger partial charge in [0, 0.05) is 13.7 Å². The second-order valence-electron chi connectivity index (χ2n) is 3.78. The lowest BCUT2D eigenvalue weighted by atomic mass is 10.1. The fourth-order valence-corrected chi connectivity index (χ4v) is 1.06. The predicted molar refractivity (Wildman–Crippen MR) is 50.8 cm³/mol. The molecule has 0 bridgehead atoms. The Morgan fingerprint density at radius 3 is 2.19 bits per heavy atom. The maximum absolute atomic E-state index is 12.2. The molecule has 0 fully saturated rings. The van der Waals surface area contributed by atoms with E-state index in [0.717, 1.165) is 0 Å². The summed E-state index contributed by atoms with van der Waals surface area (Å²) in [5.41, 5.74) is -1.33. The molecule has 0 rings (SSSR count). The summed E-state index contributed by atoms with van der Waals surface area (Å²) in [5, 5.41) is 8.62. The van der Waals surface area contributed by atoms with Crippen LogP contribution >= 0.6 is 0 Å². The summed E-state index contributed by atoms with van der Waals surface area (Å²) in [6.07, 6.45) is -4.49. The van der Waals surface area contributed by atoms with Crippen LogP contribution in [0.1, 0.15) is 13.8 Å². The van der Waals surface area contributed by atoms with Crippen molar-refractivity contribution in [3.8, 4) is 0 Å². The Labute approximate surface area is 92.0 Å². The smallest absolute Gasteiger partial charge is 0.395 e. The third-order valence-electron chi connectivity index (χ3n) is 2.05. The third-order valence-corrected chi connectivity index (χ3v) is 2.05. The summed E-state index contributed by atoms with van der Waals surface area (Å²) >= 11 is 0. The van der Waals surface area contributed by atoms with Gasteiger partial charge in [-0.05, 0) is 13.8 Å². The Hall–Kier alpha value is -0.820. The Balaban J connectivity index is 4.72. The van der Waals surface area contributed by atoms with Crippen molar-refractivity contribution >= 4 is 5.91 Å². The van der Waals surface area contributed by atoms with Crippen LogP contribution in [-0.4, -0.2) is 54.5 Å². The molecule has 0 aromatic carbocycles. The van der Waals surface area contributed by atoms with E-state index in [9.17, 15) is 18.0 Å². The van der Waals surface area contributed by atoms with E-state index >= 15 is 0 Å². The number of amides is 1. The number of nitrogens with zero attached hydrogens (tertiary/aromatic N) is 1. The number of ether oxygens (including phenoxy) is 1. The summed E-state index contributed by atoms with van der Waals surface area (Å²) in [4.78, 5) is 12.2. The minimum Gasteiger partial charge on any atom is -0.395 e. The summed E-state index contributed by atoms with van der Waals surface area (Å²) in [5.74, 6) is -0.804. The number of aliphatic hydroxyl groups is 1. The van der Waals surface area contributed by atoms with Gasteiger partial charge < -0.3 is 14.7 Å². The highest BCUT2D eigenvalue weighted by atomic mass is 19.4. The minimum atomic E-state index is -4.49. The molecule has 0 saturated heterocycles. The van der Waals surface area contributed by atoms with Gasteiger partial charge in [0.2, 0.25) is 0 Å². The molecule has 7 heteroatoms. The second kappa shape index (κ2) is 5.49. The highest BCUT2D eigenvalue weighted by molar-refractivity contribution is 5.84. The zero-order valence-corrected chi connectivity index (χ0v) is 9.47. The molecule has 96 valence electrons. The maximum Gasteiger partial charge on any atom is 0.406 e. The van der Waals surface area contributed by atoms with E-state index in [-0.39, 0.29) is 6.54 Å². The van der Waals surface area contributed by atoms with E-state index in [1.807, 2.05) is 0 Å². The summed E-state index contributed by atoms with van der Waals surface area (Å²) in [6, 6.07) is 0. The van der Waals surface area contributed by atoms with Crippen molar-refractivity contribution in [2.45, 2.75) is 25.6 Å². The monoisotopic (exact) mass is 243 g/mol. The molecule has 0 spiro atoms. The van der Waals surface area contributed by atoms with Gasteiger partial charge in [0.1, 0.15) is 12.1 Å². The van der Waals surface area contributed by atoms with Crippen LogP contribution in [0.25, 0.3) is 0 Å². The summed E-state index contributed by atoms with van der Waals surface area (Å²) < 4.78 is 41.3. The van der Waals surface area contributed by atoms with Gasteiger partial charge >= 0.3 is 6.18 Å². The van der Waals surface area contributed by atoms with Crippen LogP contribution in [0.2, 0.25) is 0 Å². The van der Waals surface area contributed by atoms with E-state index in [0.29, 0.717) is 4.90 Å². The number of carbonyl (C=O) groups is 1. The molecule has 0 saturated carbocycles. The zero-order valence-electron chi connectivity index (χ0n) is 9.47. The quantitative estimate of drug-likeness (QED) is 0.776. The lowest BCUT2D eigenvalue weighted by Crippen LogP contribution is -2.50. The molecular formula is C9H16F3NO3. The topological polar surface area (TPSA) is 49.8 Å². The van der Waals surface area contributed by atoms with E-state index in [2.05, 4.69) is 0 Å². The molecule has 0 aliphatic carbocycles. The average Bonchev–Trinajstić information content (AvgIpc) is 2.14. The lowest BCUT2D eigenvalue weighted by Gasteiger charge is -2.31. The number of halogens is 3. The summed E-state index contributed by atoms with van der Waals surface area (Å²) in [7, 11) is 1.24. The zero-order chi connectivity index (χ0) is 13.0. The predicted octanol–water partition coefficient (Wildman–Crippen LogP) is 0.795. The van der Waals surface area contributed by atoms with Crippen molar-refractivity contribution < 1.29 is 27.8 Å². The average molecular weight is 243 g/mol. The number of methoxy groups -OCH3 is 1. The number of hydrogen-bond acceptors (Lipinski definition) is 3. The fraction of sp³-hybridized carbons (Fsp3) is 0.889. The van der Waals surface area contributed by atoms with Crippen LogP contribution in [0, 0.1) is 0 Å². The molecule has 0 aromatic heterocycles. The molecular weight excluding hydrogens is 227 g/mol. The molecule has 0 aliphatic rings. The van der Waals surface area contributed by atoms with Gasteiger partial charge in [-0.25, -0.2) is 0 Å².